The molecule has 0 amide bonds. The highest BCUT2D eigenvalue weighted by Gasteiger charge is 2.30. The first kappa shape index (κ1) is 19.2. The van der Waals surface area contributed by atoms with Crippen LogP contribution in [0.4, 0.5) is 13.2 Å². The summed E-state index contributed by atoms with van der Waals surface area (Å²) < 4.78 is 37.8. The second-order valence-electron chi connectivity index (χ2n) is 5.74. The Morgan fingerprint density at radius 2 is 1.80 bits per heavy atom. The molecule has 0 bridgehead atoms. The van der Waals surface area contributed by atoms with Gasteiger partial charge in [-0.25, -0.2) is 0 Å². The molecule has 0 fully saturated rings. The molecule has 116 valence electrons. The lowest BCUT2D eigenvalue weighted by Gasteiger charge is -2.29. The van der Waals surface area contributed by atoms with Gasteiger partial charge in [-0.05, 0) is 30.6 Å². The smallest absolute Gasteiger partial charge is 0.330 e. The molecule has 0 heterocycles. The van der Waals surface area contributed by atoms with Crippen LogP contribution in [0.2, 0.25) is 0 Å². The lowest BCUT2D eigenvalue weighted by Crippen LogP contribution is -2.36. The number of alkyl halides is 3. The zero-order chi connectivity index (χ0) is 14.7. The summed E-state index contributed by atoms with van der Waals surface area (Å²) in [6, 6.07) is 5.44. The minimum atomic E-state index is -4.29. The van der Waals surface area contributed by atoms with E-state index in [2.05, 4.69) is 0 Å². The van der Waals surface area contributed by atoms with Crippen molar-refractivity contribution in [3.8, 4) is 0 Å². The summed E-state index contributed by atoms with van der Waals surface area (Å²) in [7, 11) is 1.89. The van der Waals surface area contributed by atoms with Gasteiger partial charge in [-0.1, -0.05) is 32.0 Å². The van der Waals surface area contributed by atoms with Gasteiger partial charge in [-0.15, -0.1) is 12.4 Å². The van der Waals surface area contributed by atoms with Crippen molar-refractivity contribution in [3.63, 3.8) is 0 Å². The van der Waals surface area contributed by atoms with Gasteiger partial charge >= 0.3 is 6.18 Å². The molecular formula is C14H22ClF3N2. The van der Waals surface area contributed by atoms with E-state index in [4.69, 9.17) is 5.73 Å². The van der Waals surface area contributed by atoms with Gasteiger partial charge in [0.2, 0.25) is 0 Å². The van der Waals surface area contributed by atoms with Gasteiger partial charge in [-0.3, -0.25) is 0 Å². The third-order valence-electron chi connectivity index (χ3n) is 2.96. The van der Waals surface area contributed by atoms with E-state index >= 15 is 0 Å². The van der Waals surface area contributed by atoms with Gasteiger partial charge in [0.05, 0.1) is 5.56 Å². The quantitative estimate of drug-likeness (QED) is 0.901. The molecule has 0 aliphatic rings. The molecule has 0 radical (unpaired) electrons. The molecule has 2 nitrogen and oxygen atoms in total. The number of hydrogen-bond acceptors (Lipinski definition) is 2. The second-order valence-corrected chi connectivity index (χ2v) is 5.74. The number of nitrogens with two attached hydrogens (primary N) is 1. The van der Waals surface area contributed by atoms with Crippen molar-refractivity contribution >= 4 is 12.4 Å². The Morgan fingerprint density at radius 3 is 2.30 bits per heavy atom. The van der Waals surface area contributed by atoms with Crippen molar-refractivity contribution in [2.75, 3.05) is 20.1 Å². The minimum Gasteiger partial charge on any atom is -0.330 e. The average Bonchev–Trinajstić information content (AvgIpc) is 2.27. The fraction of sp³-hybridized carbons (Fsp3) is 0.571. The summed E-state index contributed by atoms with van der Waals surface area (Å²) in [5.74, 6) is 0. The number of nitrogens with zero attached hydrogens (tertiary/aromatic N) is 1. The van der Waals surface area contributed by atoms with Crippen molar-refractivity contribution < 1.29 is 13.2 Å². The highest BCUT2D eigenvalue weighted by atomic mass is 35.5. The molecule has 0 aromatic heterocycles. The first-order valence-corrected chi connectivity index (χ1v) is 6.19. The van der Waals surface area contributed by atoms with Crippen LogP contribution < -0.4 is 5.73 Å². The molecule has 1 rings (SSSR count). The maximum Gasteiger partial charge on any atom is 0.416 e. The molecular weight excluding hydrogens is 289 g/mol. The first-order chi connectivity index (χ1) is 8.64. The molecule has 20 heavy (non-hydrogen) atoms. The predicted molar refractivity (Wildman–Crippen MR) is 77.9 cm³/mol. The van der Waals surface area contributed by atoms with E-state index < -0.39 is 11.7 Å². The predicted octanol–water partition coefficient (Wildman–Crippen LogP) is 3.54. The third kappa shape index (κ3) is 6.11. The number of hydrogen-bond donors (Lipinski definition) is 1. The van der Waals surface area contributed by atoms with Crippen LogP contribution >= 0.6 is 12.4 Å². The molecule has 0 spiro atoms. The molecule has 0 saturated heterocycles. The second kappa shape index (κ2) is 7.29. The van der Waals surface area contributed by atoms with Crippen LogP contribution in [0.25, 0.3) is 0 Å². The minimum absolute atomic E-state index is 0. The molecule has 1 aromatic rings. The molecule has 0 atom stereocenters. The Kier molecular flexibility index (Phi) is 7.01. The SMILES string of the molecule is CN(Cc1cccc(C(F)(F)F)c1)CC(C)(C)CN.Cl. The van der Waals surface area contributed by atoms with E-state index in [1.54, 1.807) is 6.07 Å². The Balaban J connectivity index is 0.00000361. The molecule has 0 aliphatic carbocycles. The lowest BCUT2D eigenvalue weighted by atomic mass is 9.93. The zero-order valence-corrected chi connectivity index (χ0v) is 12.8. The van der Waals surface area contributed by atoms with Crippen LogP contribution in [0, 0.1) is 5.41 Å². The van der Waals surface area contributed by atoms with Crippen LogP contribution in [0.3, 0.4) is 0 Å². The number of rotatable bonds is 5. The normalized spacial score (nSPS) is 12.4. The van der Waals surface area contributed by atoms with E-state index in [9.17, 15) is 13.2 Å². The fourth-order valence-corrected chi connectivity index (χ4v) is 2.01. The first-order valence-electron chi connectivity index (χ1n) is 6.19. The summed E-state index contributed by atoms with van der Waals surface area (Å²) >= 11 is 0. The van der Waals surface area contributed by atoms with Crippen LogP contribution in [0.5, 0.6) is 0 Å². The summed E-state index contributed by atoms with van der Waals surface area (Å²) in [5.41, 5.74) is 5.67. The summed E-state index contributed by atoms with van der Waals surface area (Å²) in [4.78, 5) is 1.99. The topological polar surface area (TPSA) is 29.3 Å². The van der Waals surface area contributed by atoms with Gasteiger partial charge < -0.3 is 10.6 Å². The van der Waals surface area contributed by atoms with Crippen LogP contribution in [0.1, 0.15) is 25.0 Å². The van der Waals surface area contributed by atoms with Crippen LogP contribution in [-0.2, 0) is 12.7 Å². The van der Waals surface area contributed by atoms with Crippen LogP contribution in [0.15, 0.2) is 24.3 Å². The number of benzene rings is 1. The van der Waals surface area contributed by atoms with E-state index in [1.807, 2.05) is 25.8 Å². The van der Waals surface area contributed by atoms with Crippen molar-refractivity contribution in [2.45, 2.75) is 26.6 Å². The largest absolute Gasteiger partial charge is 0.416 e. The lowest BCUT2D eigenvalue weighted by molar-refractivity contribution is -0.137. The van der Waals surface area contributed by atoms with Crippen molar-refractivity contribution in [3.05, 3.63) is 35.4 Å². The van der Waals surface area contributed by atoms with Crippen molar-refractivity contribution in [1.82, 2.24) is 4.90 Å². The summed E-state index contributed by atoms with van der Waals surface area (Å²) in [6.45, 7) is 5.83. The van der Waals surface area contributed by atoms with Crippen LogP contribution in [-0.4, -0.2) is 25.0 Å². The maximum atomic E-state index is 12.6. The third-order valence-corrected chi connectivity index (χ3v) is 2.96. The highest BCUT2D eigenvalue weighted by molar-refractivity contribution is 5.85. The van der Waals surface area contributed by atoms with Gasteiger partial charge in [0.1, 0.15) is 0 Å². The molecule has 6 heteroatoms. The molecule has 2 N–H and O–H groups in total. The Labute approximate surface area is 124 Å². The highest BCUT2D eigenvalue weighted by Crippen LogP contribution is 2.29. The standard InChI is InChI=1S/C14H21F3N2.ClH/c1-13(2,9-18)10-19(3)8-11-5-4-6-12(7-11)14(15,16)17;/h4-7H,8-10,18H2,1-3H3;1H. The van der Waals surface area contributed by atoms with E-state index in [1.165, 1.54) is 12.1 Å². The van der Waals surface area contributed by atoms with Gasteiger partial charge in [0, 0.05) is 13.1 Å². The summed E-state index contributed by atoms with van der Waals surface area (Å²) in [5, 5.41) is 0. The molecule has 0 aliphatic heterocycles. The summed E-state index contributed by atoms with van der Waals surface area (Å²) in [6.07, 6.45) is -4.29. The van der Waals surface area contributed by atoms with E-state index in [0.29, 0.717) is 18.7 Å². The molecule has 0 saturated carbocycles. The maximum absolute atomic E-state index is 12.6. The molecule has 0 unspecified atom stereocenters. The van der Waals surface area contributed by atoms with Crippen molar-refractivity contribution in [1.29, 1.82) is 0 Å². The van der Waals surface area contributed by atoms with Gasteiger partial charge in [0.25, 0.3) is 0 Å². The van der Waals surface area contributed by atoms with Crippen molar-refractivity contribution in [2.24, 2.45) is 11.1 Å². The Morgan fingerprint density at radius 1 is 1.20 bits per heavy atom. The zero-order valence-electron chi connectivity index (χ0n) is 12.0. The fourth-order valence-electron chi connectivity index (χ4n) is 2.01. The van der Waals surface area contributed by atoms with E-state index in [0.717, 1.165) is 12.6 Å². The van der Waals surface area contributed by atoms with E-state index in [-0.39, 0.29) is 17.8 Å². The number of halogens is 4. The Bertz CT molecular complexity index is 419. The Hall–Kier alpha value is -0.780. The molecule has 1 aromatic carbocycles. The van der Waals surface area contributed by atoms with Gasteiger partial charge in [-0.2, -0.15) is 13.2 Å². The monoisotopic (exact) mass is 310 g/mol. The average molecular weight is 311 g/mol. The van der Waals surface area contributed by atoms with Gasteiger partial charge in [0.15, 0.2) is 0 Å².